The number of amides is 2. The fraction of sp³-hybridized carbons (Fsp3) is 0.552. The van der Waals surface area contributed by atoms with Gasteiger partial charge < -0.3 is 15.0 Å². The standard InChI is InChI=1S/C29H42N4O3/c1-22-9-12-24(30-20-22)8-7-15-32-16-18-33(19-17-32)27(35)36-25-13-10-23(11-14-25)26(34)31-29(5,6)21-28(2,3)4/h9-14,20H,7-8,15-19,21H2,1-6H3,(H,31,34). The molecule has 36 heavy (non-hydrogen) atoms. The molecule has 0 atom stereocenters. The van der Waals surface area contributed by atoms with E-state index in [0.717, 1.165) is 44.6 Å². The van der Waals surface area contributed by atoms with Crippen LogP contribution in [-0.4, -0.2) is 65.0 Å². The Labute approximate surface area is 216 Å². The Balaban J connectivity index is 1.40. The van der Waals surface area contributed by atoms with E-state index in [1.54, 1.807) is 29.2 Å². The van der Waals surface area contributed by atoms with Crippen molar-refractivity contribution in [2.45, 2.75) is 66.3 Å². The van der Waals surface area contributed by atoms with Gasteiger partial charge in [-0.1, -0.05) is 26.8 Å². The number of pyridine rings is 1. The van der Waals surface area contributed by atoms with E-state index >= 15 is 0 Å². The highest BCUT2D eigenvalue weighted by molar-refractivity contribution is 5.94. The highest BCUT2D eigenvalue weighted by Crippen LogP contribution is 2.27. The van der Waals surface area contributed by atoms with Crippen molar-refractivity contribution in [2.75, 3.05) is 32.7 Å². The summed E-state index contributed by atoms with van der Waals surface area (Å²) in [4.78, 5) is 33.9. The van der Waals surface area contributed by atoms with Crippen LogP contribution in [0, 0.1) is 12.3 Å². The second-order valence-corrected chi connectivity index (χ2v) is 11.7. The van der Waals surface area contributed by atoms with Gasteiger partial charge in [-0.05, 0) is 87.9 Å². The Morgan fingerprint density at radius 1 is 0.972 bits per heavy atom. The van der Waals surface area contributed by atoms with Gasteiger partial charge >= 0.3 is 6.09 Å². The zero-order valence-corrected chi connectivity index (χ0v) is 22.8. The molecule has 196 valence electrons. The van der Waals surface area contributed by atoms with Gasteiger partial charge in [0.2, 0.25) is 0 Å². The predicted octanol–water partition coefficient (Wildman–Crippen LogP) is 5.08. The number of piperazine rings is 1. The first-order chi connectivity index (χ1) is 16.9. The number of nitrogens with zero attached hydrogens (tertiary/aromatic N) is 3. The number of benzene rings is 1. The van der Waals surface area contributed by atoms with Crippen molar-refractivity contribution in [3.63, 3.8) is 0 Å². The van der Waals surface area contributed by atoms with Crippen LogP contribution in [0.3, 0.4) is 0 Å². The molecule has 1 fully saturated rings. The van der Waals surface area contributed by atoms with Crippen LogP contribution in [0.2, 0.25) is 0 Å². The molecule has 2 amide bonds. The number of hydrogen-bond acceptors (Lipinski definition) is 5. The fourth-order valence-electron chi connectivity index (χ4n) is 4.87. The van der Waals surface area contributed by atoms with E-state index in [1.165, 1.54) is 5.56 Å². The molecule has 0 saturated carbocycles. The van der Waals surface area contributed by atoms with Gasteiger partial charge in [0.05, 0.1) is 0 Å². The van der Waals surface area contributed by atoms with Gasteiger partial charge in [0, 0.05) is 49.2 Å². The van der Waals surface area contributed by atoms with Crippen LogP contribution in [0.1, 0.15) is 69.1 Å². The molecule has 2 heterocycles. The Morgan fingerprint density at radius 2 is 1.64 bits per heavy atom. The molecule has 0 unspecified atom stereocenters. The molecule has 1 aromatic carbocycles. The summed E-state index contributed by atoms with van der Waals surface area (Å²) >= 11 is 0. The topological polar surface area (TPSA) is 74.8 Å². The molecular weight excluding hydrogens is 452 g/mol. The molecule has 0 radical (unpaired) electrons. The van der Waals surface area contributed by atoms with Crippen LogP contribution in [0.15, 0.2) is 42.6 Å². The first kappa shape index (κ1) is 27.7. The lowest BCUT2D eigenvalue weighted by Gasteiger charge is -2.34. The number of nitrogens with one attached hydrogen (secondary N) is 1. The smallest absolute Gasteiger partial charge is 0.410 e. The number of ether oxygens (including phenoxy) is 1. The van der Waals surface area contributed by atoms with Crippen LogP contribution in [0.4, 0.5) is 4.79 Å². The summed E-state index contributed by atoms with van der Waals surface area (Å²) < 4.78 is 5.57. The minimum absolute atomic E-state index is 0.110. The summed E-state index contributed by atoms with van der Waals surface area (Å²) in [5.41, 5.74) is 2.64. The van der Waals surface area contributed by atoms with Crippen LogP contribution in [0.5, 0.6) is 5.75 Å². The third-order valence-electron chi connectivity index (χ3n) is 6.26. The summed E-state index contributed by atoms with van der Waals surface area (Å²) in [5, 5.41) is 3.11. The molecule has 2 aromatic rings. The van der Waals surface area contributed by atoms with E-state index in [-0.39, 0.29) is 23.0 Å². The van der Waals surface area contributed by atoms with Gasteiger partial charge in [-0.2, -0.15) is 0 Å². The van der Waals surface area contributed by atoms with Crippen LogP contribution in [-0.2, 0) is 6.42 Å². The van der Waals surface area contributed by atoms with E-state index in [4.69, 9.17) is 4.74 Å². The number of rotatable bonds is 8. The van der Waals surface area contributed by atoms with Crippen molar-refractivity contribution in [2.24, 2.45) is 5.41 Å². The maximum absolute atomic E-state index is 12.7. The average molecular weight is 495 g/mol. The van der Waals surface area contributed by atoms with E-state index in [0.29, 0.717) is 24.4 Å². The molecule has 7 nitrogen and oxygen atoms in total. The summed E-state index contributed by atoms with van der Waals surface area (Å²) in [6, 6.07) is 11.0. The molecule has 0 aliphatic carbocycles. The first-order valence-electron chi connectivity index (χ1n) is 12.9. The molecule has 1 aliphatic heterocycles. The van der Waals surface area contributed by atoms with Crippen molar-refractivity contribution >= 4 is 12.0 Å². The highest BCUT2D eigenvalue weighted by atomic mass is 16.6. The Hall–Kier alpha value is -2.93. The maximum atomic E-state index is 12.7. The summed E-state index contributed by atoms with van der Waals surface area (Å²) in [7, 11) is 0. The summed E-state index contributed by atoms with van der Waals surface area (Å²) in [5.74, 6) is 0.315. The van der Waals surface area contributed by atoms with E-state index in [2.05, 4.69) is 48.1 Å². The SMILES string of the molecule is Cc1ccc(CCCN2CCN(C(=O)Oc3ccc(C(=O)NC(C)(C)CC(C)(C)C)cc3)CC2)nc1. The molecule has 3 rings (SSSR count). The molecule has 1 saturated heterocycles. The molecule has 1 N–H and O–H groups in total. The largest absolute Gasteiger partial charge is 0.415 e. The lowest BCUT2D eigenvalue weighted by atomic mass is 9.81. The molecular formula is C29H42N4O3. The normalized spacial score (nSPS) is 15.0. The number of aryl methyl sites for hydroxylation is 2. The van der Waals surface area contributed by atoms with Crippen LogP contribution >= 0.6 is 0 Å². The minimum atomic E-state index is -0.345. The lowest BCUT2D eigenvalue weighted by molar-refractivity contribution is 0.0891. The van der Waals surface area contributed by atoms with Gasteiger partial charge in [0.15, 0.2) is 0 Å². The maximum Gasteiger partial charge on any atom is 0.415 e. The van der Waals surface area contributed by atoms with Crippen molar-refractivity contribution in [1.82, 2.24) is 20.1 Å². The van der Waals surface area contributed by atoms with E-state index in [9.17, 15) is 9.59 Å². The van der Waals surface area contributed by atoms with Gasteiger partial charge in [0.1, 0.15) is 5.75 Å². The quantitative estimate of drug-likeness (QED) is 0.554. The third kappa shape index (κ3) is 8.94. The number of aromatic nitrogens is 1. The number of carbonyl (C=O) groups is 2. The molecule has 1 aliphatic rings. The highest BCUT2D eigenvalue weighted by Gasteiger charge is 2.27. The predicted molar refractivity (Wildman–Crippen MR) is 143 cm³/mol. The van der Waals surface area contributed by atoms with Gasteiger partial charge in [-0.15, -0.1) is 0 Å². The Morgan fingerprint density at radius 3 is 2.22 bits per heavy atom. The van der Waals surface area contributed by atoms with Crippen LogP contribution in [0.25, 0.3) is 0 Å². The van der Waals surface area contributed by atoms with Crippen molar-refractivity contribution in [3.8, 4) is 5.75 Å². The van der Waals surface area contributed by atoms with Gasteiger partial charge in [-0.3, -0.25) is 14.7 Å². The molecule has 7 heteroatoms. The third-order valence-corrected chi connectivity index (χ3v) is 6.26. The Kier molecular flexibility index (Phi) is 9.12. The second kappa shape index (κ2) is 11.9. The number of hydrogen-bond donors (Lipinski definition) is 1. The van der Waals surface area contributed by atoms with Gasteiger partial charge in [-0.25, -0.2) is 4.79 Å². The average Bonchev–Trinajstić information content (AvgIpc) is 2.79. The van der Waals surface area contributed by atoms with Crippen molar-refractivity contribution < 1.29 is 14.3 Å². The number of carbonyl (C=O) groups excluding carboxylic acids is 2. The lowest BCUT2D eigenvalue weighted by Crippen LogP contribution is -2.49. The van der Waals surface area contributed by atoms with Crippen LogP contribution < -0.4 is 10.1 Å². The zero-order valence-electron chi connectivity index (χ0n) is 22.8. The van der Waals surface area contributed by atoms with Gasteiger partial charge in [0.25, 0.3) is 5.91 Å². The van der Waals surface area contributed by atoms with Crippen molar-refractivity contribution in [1.29, 1.82) is 0 Å². The molecule has 0 spiro atoms. The first-order valence-corrected chi connectivity index (χ1v) is 12.9. The van der Waals surface area contributed by atoms with E-state index < -0.39 is 0 Å². The van der Waals surface area contributed by atoms with Crippen molar-refractivity contribution in [3.05, 3.63) is 59.4 Å². The molecule has 1 aromatic heterocycles. The minimum Gasteiger partial charge on any atom is -0.410 e. The van der Waals surface area contributed by atoms with E-state index in [1.807, 2.05) is 27.0 Å². The fourth-order valence-corrected chi connectivity index (χ4v) is 4.87. The Bertz CT molecular complexity index is 1000. The summed E-state index contributed by atoms with van der Waals surface area (Å²) in [6.45, 7) is 16.5. The summed E-state index contributed by atoms with van der Waals surface area (Å²) in [6.07, 6.45) is 4.44. The molecule has 0 bridgehead atoms. The zero-order chi connectivity index (χ0) is 26.3. The second-order valence-electron chi connectivity index (χ2n) is 11.7. The monoisotopic (exact) mass is 494 g/mol.